The van der Waals surface area contributed by atoms with Crippen molar-refractivity contribution in [2.45, 2.75) is 0 Å². The van der Waals surface area contributed by atoms with E-state index in [-0.39, 0.29) is 12.6 Å². The van der Waals surface area contributed by atoms with Crippen LogP contribution in [0.1, 0.15) is 5.56 Å². The van der Waals surface area contributed by atoms with Crippen LogP contribution in [0.4, 0.5) is 17.4 Å². The summed E-state index contributed by atoms with van der Waals surface area (Å²) in [6.07, 6.45) is 2.62. The minimum Gasteiger partial charge on any atom is -0.491 e. The molecule has 2 N–H and O–H groups in total. The Morgan fingerprint density at radius 1 is 0.972 bits per heavy atom. The van der Waals surface area contributed by atoms with Gasteiger partial charge in [-0.3, -0.25) is 4.72 Å². The lowest BCUT2D eigenvalue weighted by molar-refractivity contribution is 0.0180. The fraction of sp³-hybridized carbons (Fsp3) is 0.333. The molecule has 36 heavy (non-hydrogen) atoms. The molecular weight excluding hydrogens is 488 g/mol. The van der Waals surface area contributed by atoms with Gasteiger partial charge in [-0.05, 0) is 30.3 Å². The summed E-state index contributed by atoms with van der Waals surface area (Å²) in [7, 11) is -1.90. The number of methoxy groups -OCH3 is 1. The van der Waals surface area contributed by atoms with E-state index in [4.69, 9.17) is 28.6 Å². The van der Waals surface area contributed by atoms with E-state index in [2.05, 4.69) is 21.1 Å². The molecule has 0 spiro atoms. The quantitative estimate of drug-likeness (QED) is 0.288. The molecule has 0 radical (unpaired) electrons. The molecule has 0 atom stereocenters. The van der Waals surface area contributed by atoms with Gasteiger partial charge in [0.05, 0.1) is 62.8 Å². The summed E-state index contributed by atoms with van der Waals surface area (Å²) in [5, 5.41) is 12.0. The molecule has 0 unspecified atom stereocenters. The highest BCUT2D eigenvalue weighted by Crippen LogP contribution is 2.29. The number of benzene rings is 2. The van der Waals surface area contributed by atoms with E-state index in [0.717, 1.165) is 11.8 Å². The Morgan fingerprint density at radius 3 is 2.31 bits per heavy atom. The highest BCUT2D eigenvalue weighted by atomic mass is 32.2. The van der Waals surface area contributed by atoms with E-state index < -0.39 is 10.0 Å². The summed E-state index contributed by atoms with van der Waals surface area (Å²) in [6.45, 7) is 2.48. The van der Waals surface area contributed by atoms with Gasteiger partial charge in [0, 0.05) is 30.5 Å². The number of hydrogen-bond acceptors (Lipinski definition) is 10. The van der Waals surface area contributed by atoms with Crippen LogP contribution in [0.5, 0.6) is 5.75 Å². The van der Waals surface area contributed by atoms with Crippen LogP contribution in [0.2, 0.25) is 0 Å². The zero-order valence-corrected chi connectivity index (χ0v) is 20.8. The third kappa shape index (κ3) is 9.20. The SMILES string of the molecule is COCCOCCOCCOc1cc(Nc2ncc(-c3ccc(C#N)cc3)o2)cc(NS(C)(=O)=O)c1. The topological polar surface area (TPSA) is 145 Å². The predicted octanol–water partition coefficient (Wildman–Crippen LogP) is 3.39. The zero-order valence-electron chi connectivity index (χ0n) is 20.0. The largest absolute Gasteiger partial charge is 0.491 e. The number of nitrogens with one attached hydrogen (secondary N) is 2. The van der Waals surface area contributed by atoms with Gasteiger partial charge in [-0.2, -0.15) is 5.26 Å². The van der Waals surface area contributed by atoms with E-state index in [1.807, 2.05) is 0 Å². The monoisotopic (exact) mass is 516 g/mol. The molecule has 2 aromatic carbocycles. The van der Waals surface area contributed by atoms with Gasteiger partial charge in [0.1, 0.15) is 12.4 Å². The fourth-order valence-electron chi connectivity index (χ4n) is 3.01. The second-order valence-corrected chi connectivity index (χ2v) is 9.28. The third-order valence-corrected chi connectivity index (χ3v) is 5.17. The number of ether oxygens (including phenoxy) is 4. The minimum absolute atomic E-state index is 0.202. The standard InChI is InChI=1S/C24H28N4O7S/c1-31-7-8-32-9-10-33-11-12-34-22-14-20(13-21(15-22)28-36(2,29)30)27-24-26-17-23(35-24)19-5-3-18(16-25)4-6-19/h3-6,13-15,17,28H,7-12H2,1-2H3,(H,26,27). The molecule has 3 aromatic rings. The van der Waals surface area contributed by atoms with Crippen molar-refractivity contribution >= 4 is 27.4 Å². The number of aromatic nitrogens is 1. The van der Waals surface area contributed by atoms with Crippen molar-refractivity contribution in [1.82, 2.24) is 4.98 Å². The molecule has 192 valence electrons. The van der Waals surface area contributed by atoms with Crippen molar-refractivity contribution in [3.05, 3.63) is 54.2 Å². The lowest BCUT2D eigenvalue weighted by atomic mass is 10.1. The van der Waals surface area contributed by atoms with Crippen LogP contribution < -0.4 is 14.8 Å². The molecule has 3 rings (SSSR count). The van der Waals surface area contributed by atoms with Gasteiger partial charge in [0.25, 0.3) is 6.01 Å². The Labute approximate surface area is 210 Å². The minimum atomic E-state index is -3.51. The lowest BCUT2D eigenvalue weighted by Crippen LogP contribution is -2.13. The Hall–Kier alpha value is -3.63. The number of nitriles is 1. The van der Waals surface area contributed by atoms with Gasteiger partial charge in [-0.25, -0.2) is 13.4 Å². The Morgan fingerprint density at radius 2 is 1.64 bits per heavy atom. The highest BCUT2D eigenvalue weighted by molar-refractivity contribution is 7.92. The molecule has 0 fully saturated rings. The number of oxazole rings is 1. The van der Waals surface area contributed by atoms with Crippen molar-refractivity contribution in [2.24, 2.45) is 0 Å². The summed E-state index contributed by atoms with van der Waals surface area (Å²) in [6, 6.07) is 14.0. The summed E-state index contributed by atoms with van der Waals surface area (Å²) >= 11 is 0. The van der Waals surface area contributed by atoms with Crippen LogP contribution in [0.15, 0.2) is 53.1 Å². The molecule has 1 heterocycles. The molecule has 0 bridgehead atoms. The van der Waals surface area contributed by atoms with E-state index in [9.17, 15) is 8.42 Å². The van der Waals surface area contributed by atoms with Crippen LogP contribution in [0.25, 0.3) is 11.3 Å². The molecule has 0 saturated heterocycles. The highest BCUT2D eigenvalue weighted by Gasteiger charge is 2.11. The van der Waals surface area contributed by atoms with E-state index in [1.165, 1.54) is 0 Å². The molecule has 0 aliphatic heterocycles. The number of anilines is 3. The van der Waals surface area contributed by atoms with Crippen LogP contribution >= 0.6 is 0 Å². The van der Waals surface area contributed by atoms with Gasteiger partial charge in [0.2, 0.25) is 10.0 Å². The van der Waals surface area contributed by atoms with E-state index >= 15 is 0 Å². The van der Waals surface area contributed by atoms with Gasteiger partial charge in [-0.15, -0.1) is 0 Å². The third-order valence-electron chi connectivity index (χ3n) is 4.57. The number of nitrogens with zero attached hydrogens (tertiary/aromatic N) is 2. The molecule has 11 nitrogen and oxygen atoms in total. The van der Waals surface area contributed by atoms with Crippen LogP contribution in [0, 0.1) is 11.3 Å². The van der Waals surface area contributed by atoms with Crippen molar-refractivity contribution in [3.63, 3.8) is 0 Å². The second-order valence-electron chi connectivity index (χ2n) is 7.53. The smallest absolute Gasteiger partial charge is 0.299 e. The lowest BCUT2D eigenvalue weighted by Gasteiger charge is -2.12. The van der Waals surface area contributed by atoms with Gasteiger partial charge < -0.3 is 28.7 Å². The summed E-state index contributed by atoms with van der Waals surface area (Å²) in [5.74, 6) is 0.928. The van der Waals surface area contributed by atoms with Gasteiger partial charge in [0.15, 0.2) is 5.76 Å². The Balaban J connectivity index is 1.62. The molecule has 0 amide bonds. The maximum absolute atomic E-state index is 11.8. The normalized spacial score (nSPS) is 11.1. The van der Waals surface area contributed by atoms with Gasteiger partial charge in [-0.1, -0.05) is 0 Å². The molecule has 0 aliphatic carbocycles. The Kier molecular flexibility index (Phi) is 10.1. The maximum Gasteiger partial charge on any atom is 0.299 e. The average molecular weight is 517 g/mol. The maximum atomic E-state index is 11.8. The summed E-state index contributed by atoms with van der Waals surface area (Å²) in [5.41, 5.74) is 2.11. The predicted molar refractivity (Wildman–Crippen MR) is 134 cm³/mol. The first kappa shape index (κ1) is 27.0. The van der Waals surface area contributed by atoms with Crippen molar-refractivity contribution < 1.29 is 31.8 Å². The molecule has 0 aliphatic rings. The first-order valence-corrected chi connectivity index (χ1v) is 12.9. The van der Waals surface area contributed by atoms with Crippen molar-refractivity contribution in [3.8, 4) is 23.1 Å². The molecular formula is C24H28N4O7S. The number of rotatable bonds is 15. The first-order chi connectivity index (χ1) is 17.4. The number of hydrogen-bond donors (Lipinski definition) is 2. The Bertz CT molecular complexity index is 1250. The zero-order chi connectivity index (χ0) is 25.8. The number of sulfonamides is 1. The molecule has 1 aromatic heterocycles. The van der Waals surface area contributed by atoms with Crippen molar-refractivity contribution in [1.29, 1.82) is 5.26 Å². The second kappa shape index (κ2) is 13.5. The summed E-state index contributed by atoms with van der Waals surface area (Å²) < 4.78 is 53.1. The van der Waals surface area contributed by atoms with Gasteiger partial charge >= 0.3 is 0 Å². The van der Waals surface area contributed by atoms with Crippen LogP contribution in [-0.4, -0.2) is 66.4 Å². The average Bonchev–Trinajstić information content (AvgIpc) is 3.30. The molecule has 0 saturated carbocycles. The molecule has 12 heteroatoms. The van der Waals surface area contributed by atoms with Crippen LogP contribution in [-0.2, 0) is 24.2 Å². The first-order valence-electron chi connectivity index (χ1n) is 11.0. The van der Waals surface area contributed by atoms with E-state index in [0.29, 0.717) is 61.5 Å². The van der Waals surface area contributed by atoms with E-state index in [1.54, 1.807) is 55.8 Å². The fourth-order valence-corrected chi connectivity index (χ4v) is 3.55. The van der Waals surface area contributed by atoms with Crippen LogP contribution in [0.3, 0.4) is 0 Å². The van der Waals surface area contributed by atoms with Crippen molar-refractivity contribution in [2.75, 3.05) is 63.0 Å². The summed E-state index contributed by atoms with van der Waals surface area (Å²) in [4.78, 5) is 4.22.